The normalized spacial score (nSPS) is 12.8. The molecule has 2 aromatic carbocycles. The van der Waals surface area contributed by atoms with Crippen LogP contribution in [0.2, 0.25) is 0 Å². The number of rotatable bonds is 6. The van der Waals surface area contributed by atoms with Gasteiger partial charge in [0, 0.05) is 12.6 Å². The molecule has 2 aromatic rings. The molecule has 1 N–H and O–H groups in total. The van der Waals surface area contributed by atoms with Gasteiger partial charge >= 0.3 is 0 Å². The highest BCUT2D eigenvalue weighted by Gasteiger charge is 2.19. The second-order valence-corrected chi connectivity index (χ2v) is 5.35. The van der Waals surface area contributed by atoms with Crippen LogP contribution in [0.4, 0.5) is 0 Å². The van der Waals surface area contributed by atoms with Crippen molar-refractivity contribution in [2.45, 2.75) is 19.0 Å². The van der Waals surface area contributed by atoms with Crippen molar-refractivity contribution in [3.8, 4) is 0 Å². The summed E-state index contributed by atoms with van der Waals surface area (Å²) in [5.41, 5.74) is 2.68. The molecule has 0 aliphatic carbocycles. The molecule has 0 saturated carbocycles. The Balaban J connectivity index is 2.30. The molecule has 0 bridgehead atoms. The molecule has 1 unspecified atom stereocenters. The van der Waals surface area contributed by atoms with E-state index in [1.807, 2.05) is 7.05 Å². The minimum Gasteiger partial charge on any atom is -0.316 e. The van der Waals surface area contributed by atoms with Gasteiger partial charge in [0.25, 0.3) is 0 Å². The second kappa shape index (κ2) is 7.22. The first kappa shape index (κ1) is 14.8. The lowest BCUT2D eigenvalue weighted by molar-refractivity contribution is 0.255. The lowest BCUT2D eigenvalue weighted by atomic mass is 9.97. The van der Waals surface area contributed by atoms with Crippen LogP contribution in [-0.4, -0.2) is 31.6 Å². The molecule has 1 atom stereocenters. The Morgan fingerprint density at radius 1 is 0.900 bits per heavy atom. The molecular weight excluding hydrogens is 244 g/mol. The van der Waals surface area contributed by atoms with Crippen LogP contribution in [-0.2, 0) is 0 Å². The SMILES string of the molecule is CNC(C)CN(C)C(c1ccccc1)c1ccccc1. The zero-order valence-electron chi connectivity index (χ0n) is 12.6. The van der Waals surface area contributed by atoms with Crippen molar-refractivity contribution in [1.29, 1.82) is 0 Å². The van der Waals surface area contributed by atoms with Crippen molar-refractivity contribution < 1.29 is 0 Å². The van der Waals surface area contributed by atoms with E-state index in [0.717, 1.165) is 6.54 Å². The molecule has 0 spiro atoms. The first-order valence-electron chi connectivity index (χ1n) is 7.19. The highest BCUT2D eigenvalue weighted by Crippen LogP contribution is 2.27. The minimum atomic E-state index is 0.299. The summed E-state index contributed by atoms with van der Waals surface area (Å²) >= 11 is 0. The van der Waals surface area contributed by atoms with Crippen LogP contribution < -0.4 is 5.32 Å². The molecule has 0 radical (unpaired) electrons. The number of nitrogens with one attached hydrogen (secondary N) is 1. The van der Waals surface area contributed by atoms with Crippen LogP contribution in [0.25, 0.3) is 0 Å². The summed E-state index contributed by atoms with van der Waals surface area (Å²) in [7, 11) is 4.21. The Bertz CT molecular complexity index is 456. The number of hydrogen-bond donors (Lipinski definition) is 1. The predicted octanol–water partition coefficient (Wildman–Crippen LogP) is 3.32. The van der Waals surface area contributed by atoms with E-state index in [4.69, 9.17) is 0 Å². The fourth-order valence-electron chi connectivity index (χ4n) is 2.60. The largest absolute Gasteiger partial charge is 0.316 e. The van der Waals surface area contributed by atoms with Gasteiger partial charge in [0.1, 0.15) is 0 Å². The quantitative estimate of drug-likeness (QED) is 0.864. The molecule has 0 aliphatic rings. The predicted molar refractivity (Wildman–Crippen MR) is 85.9 cm³/mol. The van der Waals surface area contributed by atoms with Gasteiger partial charge in [0.15, 0.2) is 0 Å². The van der Waals surface area contributed by atoms with Gasteiger partial charge in [-0.3, -0.25) is 4.90 Å². The van der Waals surface area contributed by atoms with Crippen LogP contribution >= 0.6 is 0 Å². The van der Waals surface area contributed by atoms with E-state index in [-0.39, 0.29) is 0 Å². The van der Waals surface area contributed by atoms with Gasteiger partial charge in [-0.2, -0.15) is 0 Å². The summed E-state index contributed by atoms with van der Waals surface area (Å²) in [5.74, 6) is 0. The number of likely N-dealkylation sites (N-methyl/N-ethyl adjacent to an activating group) is 2. The smallest absolute Gasteiger partial charge is 0.0599 e. The third kappa shape index (κ3) is 3.69. The summed E-state index contributed by atoms with van der Waals surface area (Å²) in [4.78, 5) is 2.41. The molecule has 0 saturated heterocycles. The number of nitrogens with zero attached hydrogens (tertiary/aromatic N) is 1. The Morgan fingerprint density at radius 3 is 1.75 bits per heavy atom. The zero-order chi connectivity index (χ0) is 14.4. The minimum absolute atomic E-state index is 0.299. The van der Waals surface area contributed by atoms with E-state index in [1.165, 1.54) is 11.1 Å². The first-order chi connectivity index (χ1) is 9.72. The van der Waals surface area contributed by atoms with Crippen LogP contribution in [0.5, 0.6) is 0 Å². The van der Waals surface area contributed by atoms with Gasteiger partial charge in [-0.15, -0.1) is 0 Å². The average molecular weight is 268 g/mol. The van der Waals surface area contributed by atoms with Crippen LogP contribution in [0, 0.1) is 0 Å². The van der Waals surface area contributed by atoms with E-state index in [1.54, 1.807) is 0 Å². The fraction of sp³-hybridized carbons (Fsp3) is 0.333. The Hall–Kier alpha value is -1.64. The summed E-state index contributed by atoms with van der Waals surface area (Å²) in [6.45, 7) is 3.22. The molecule has 0 aromatic heterocycles. The molecule has 20 heavy (non-hydrogen) atoms. The fourth-order valence-corrected chi connectivity index (χ4v) is 2.60. The Labute approximate surface area is 122 Å². The summed E-state index contributed by atoms with van der Waals surface area (Å²) in [6.07, 6.45) is 0. The molecule has 0 amide bonds. The number of hydrogen-bond acceptors (Lipinski definition) is 2. The van der Waals surface area contributed by atoms with Gasteiger partial charge in [-0.25, -0.2) is 0 Å². The molecule has 2 nitrogen and oxygen atoms in total. The van der Waals surface area contributed by atoms with E-state index in [9.17, 15) is 0 Å². The maximum atomic E-state index is 3.31. The van der Waals surface area contributed by atoms with Crippen LogP contribution in [0.15, 0.2) is 60.7 Å². The molecule has 0 heterocycles. The molecule has 2 heteroatoms. The highest BCUT2D eigenvalue weighted by molar-refractivity contribution is 5.31. The number of benzene rings is 2. The maximum absolute atomic E-state index is 3.31. The summed E-state index contributed by atoms with van der Waals surface area (Å²) < 4.78 is 0. The third-order valence-corrected chi connectivity index (χ3v) is 3.73. The Morgan fingerprint density at radius 2 is 1.35 bits per heavy atom. The molecule has 106 valence electrons. The van der Waals surface area contributed by atoms with Crippen molar-refractivity contribution in [1.82, 2.24) is 10.2 Å². The average Bonchev–Trinajstić information content (AvgIpc) is 2.49. The first-order valence-corrected chi connectivity index (χ1v) is 7.19. The summed E-state index contributed by atoms with van der Waals surface area (Å²) in [5, 5.41) is 3.31. The second-order valence-electron chi connectivity index (χ2n) is 5.35. The maximum Gasteiger partial charge on any atom is 0.0599 e. The zero-order valence-corrected chi connectivity index (χ0v) is 12.6. The van der Waals surface area contributed by atoms with E-state index in [2.05, 4.69) is 84.9 Å². The molecular formula is C18H24N2. The molecule has 0 fully saturated rings. The lowest BCUT2D eigenvalue weighted by Gasteiger charge is -2.31. The topological polar surface area (TPSA) is 15.3 Å². The van der Waals surface area contributed by atoms with Gasteiger partial charge < -0.3 is 5.32 Å². The van der Waals surface area contributed by atoms with Gasteiger partial charge in [0.2, 0.25) is 0 Å². The standard InChI is InChI=1S/C18H24N2/c1-15(19-2)14-20(3)18(16-10-6-4-7-11-16)17-12-8-5-9-13-17/h4-13,15,18-19H,14H2,1-3H3. The van der Waals surface area contributed by atoms with Crippen LogP contribution in [0.3, 0.4) is 0 Å². The van der Waals surface area contributed by atoms with Crippen molar-refractivity contribution in [3.05, 3.63) is 71.8 Å². The molecule has 2 rings (SSSR count). The van der Waals surface area contributed by atoms with E-state index < -0.39 is 0 Å². The van der Waals surface area contributed by atoms with Crippen molar-refractivity contribution in [3.63, 3.8) is 0 Å². The van der Waals surface area contributed by atoms with Gasteiger partial charge in [0.05, 0.1) is 6.04 Å². The van der Waals surface area contributed by atoms with Crippen molar-refractivity contribution >= 4 is 0 Å². The van der Waals surface area contributed by atoms with Crippen LogP contribution in [0.1, 0.15) is 24.1 Å². The Kier molecular flexibility index (Phi) is 5.33. The highest BCUT2D eigenvalue weighted by atomic mass is 15.1. The van der Waals surface area contributed by atoms with E-state index >= 15 is 0 Å². The van der Waals surface area contributed by atoms with Crippen molar-refractivity contribution in [2.24, 2.45) is 0 Å². The third-order valence-electron chi connectivity index (χ3n) is 3.73. The van der Waals surface area contributed by atoms with E-state index in [0.29, 0.717) is 12.1 Å². The van der Waals surface area contributed by atoms with Gasteiger partial charge in [-0.1, -0.05) is 60.7 Å². The monoisotopic (exact) mass is 268 g/mol. The molecule has 0 aliphatic heterocycles. The van der Waals surface area contributed by atoms with Crippen molar-refractivity contribution in [2.75, 3.05) is 20.6 Å². The lowest BCUT2D eigenvalue weighted by Crippen LogP contribution is -2.37. The summed E-state index contributed by atoms with van der Waals surface area (Å²) in [6, 6.07) is 22.2. The van der Waals surface area contributed by atoms with Gasteiger partial charge in [-0.05, 0) is 32.1 Å².